The number of aryl methyl sites for hydroxylation is 1. The number of rotatable bonds is 3. The van der Waals surface area contributed by atoms with Crippen molar-refractivity contribution >= 4 is 15.9 Å². The van der Waals surface area contributed by atoms with Crippen LogP contribution >= 0.6 is 15.9 Å². The maximum absolute atomic E-state index is 5.38. The highest BCUT2D eigenvalue weighted by molar-refractivity contribution is 9.08. The van der Waals surface area contributed by atoms with E-state index < -0.39 is 0 Å². The average molecular weight is 273 g/mol. The van der Waals surface area contributed by atoms with E-state index in [1.807, 2.05) is 0 Å². The van der Waals surface area contributed by atoms with E-state index in [1.54, 1.807) is 0 Å². The Balaban J connectivity index is 2.22. The second-order valence-electron chi connectivity index (χ2n) is 3.94. The molecule has 1 saturated heterocycles. The summed E-state index contributed by atoms with van der Waals surface area (Å²) in [6.45, 7) is 3.91. The molecule has 15 heavy (non-hydrogen) atoms. The summed E-state index contributed by atoms with van der Waals surface area (Å²) in [5.74, 6) is 0.586. The van der Waals surface area contributed by atoms with Crippen LogP contribution in [0, 0.1) is 0 Å². The smallest absolute Gasteiger partial charge is 0.0698 e. The SMILES string of the molecule is CCc1[nH]nc(C2CCOCC2)c1CBr. The number of aromatic amines is 1. The lowest BCUT2D eigenvalue weighted by Gasteiger charge is -2.21. The Morgan fingerprint density at radius 2 is 2.20 bits per heavy atom. The first-order chi connectivity index (χ1) is 7.36. The molecule has 2 heterocycles. The monoisotopic (exact) mass is 272 g/mol. The lowest BCUT2D eigenvalue weighted by atomic mass is 9.93. The van der Waals surface area contributed by atoms with Crippen molar-refractivity contribution in [1.82, 2.24) is 10.2 Å². The molecule has 0 aromatic carbocycles. The van der Waals surface area contributed by atoms with Crippen LogP contribution in [0.15, 0.2) is 0 Å². The Hall–Kier alpha value is -0.350. The molecule has 3 nitrogen and oxygen atoms in total. The molecule has 84 valence electrons. The van der Waals surface area contributed by atoms with E-state index in [0.29, 0.717) is 5.92 Å². The van der Waals surface area contributed by atoms with E-state index >= 15 is 0 Å². The molecule has 0 spiro atoms. The number of aromatic nitrogens is 2. The van der Waals surface area contributed by atoms with Gasteiger partial charge < -0.3 is 4.74 Å². The number of ether oxygens (including phenoxy) is 1. The zero-order chi connectivity index (χ0) is 10.7. The summed E-state index contributed by atoms with van der Waals surface area (Å²) in [7, 11) is 0. The molecule has 2 rings (SSSR count). The highest BCUT2D eigenvalue weighted by atomic mass is 79.9. The van der Waals surface area contributed by atoms with Crippen molar-refractivity contribution in [3.8, 4) is 0 Å². The number of halogens is 1. The fraction of sp³-hybridized carbons (Fsp3) is 0.727. The van der Waals surface area contributed by atoms with E-state index in [4.69, 9.17) is 4.74 Å². The third-order valence-corrected chi connectivity index (χ3v) is 3.64. The lowest BCUT2D eigenvalue weighted by Crippen LogP contribution is -2.15. The molecule has 1 aliphatic rings. The summed E-state index contributed by atoms with van der Waals surface area (Å²) in [6.07, 6.45) is 3.24. The van der Waals surface area contributed by atoms with Crippen LogP contribution < -0.4 is 0 Å². The van der Waals surface area contributed by atoms with E-state index in [9.17, 15) is 0 Å². The van der Waals surface area contributed by atoms with E-state index in [0.717, 1.165) is 37.8 Å². The molecule has 1 N–H and O–H groups in total. The largest absolute Gasteiger partial charge is 0.381 e. The van der Waals surface area contributed by atoms with Gasteiger partial charge in [-0.15, -0.1) is 0 Å². The standard InChI is InChI=1S/C11H17BrN2O/c1-2-10-9(7-12)11(14-13-10)8-3-5-15-6-4-8/h8H,2-7H2,1H3,(H,13,14). The van der Waals surface area contributed by atoms with Crippen molar-refractivity contribution < 1.29 is 4.74 Å². The van der Waals surface area contributed by atoms with Gasteiger partial charge in [-0.05, 0) is 19.3 Å². The van der Waals surface area contributed by atoms with Gasteiger partial charge in [0.05, 0.1) is 5.69 Å². The molecule has 1 fully saturated rings. The fourth-order valence-electron chi connectivity index (χ4n) is 2.17. The van der Waals surface area contributed by atoms with Crippen molar-refractivity contribution in [3.05, 3.63) is 17.0 Å². The Bertz CT molecular complexity index is 318. The topological polar surface area (TPSA) is 37.9 Å². The number of nitrogens with zero attached hydrogens (tertiary/aromatic N) is 1. The van der Waals surface area contributed by atoms with E-state index in [1.165, 1.54) is 17.0 Å². The molecule has 0 bridgehead atoms. The fourth-order valence-corrected chi connectivity index (χ4v) is 2.79. The first-order valence-corrected chi connectivity index (χ1v) is 6.68. The van der Waals surface area contributed by atoms with Crippen LogP contribution in [-0.4, -0.2) is 23.4 Å². The minimum absolute atomic E-state index is 0.586. The first-order valence-electron chi connectivity index (χ1n) is 5.56. The number of hydrogen-bond donors (Lipinski definition) is 1. The average Bonchev–Trinajstić information content (AvgIpc) is 2.72. The highest BCUT2D eigenvalue weighted by Gasteiger charge is 2.22. The van der Waals surface area contributed by atoms with Gasteiger partial charge in [0, 0.05) is 35.7 Å². The summed E-state index contributed by atoms with van der Waals surface area (Å²) >= 11 is 3.55. The molecule has 0 amide bonds. The summed E-state index contributed by atoms with van der Waals surface area (Å²) in [5, 5.41) is 8.52. The molecule has 0 atom stereocenters. The van der Waals surface area contributed by atoms with Crippen LogP contribution in [-0.2, 0) is 16.5 Å². The van der Waals surface area contributed by atoms with Crippen LogP contribution in [0.25, 0.3) is 0 Å². The van der Waals surface area contributed by atoms with Gasteiger partial charge in [-0.25, -0.2) is 0 Å². The van der Waals surface area contributed by atoms with Gasteiger partial charge in [-0.3, -0.25) is 5.10 Å². The van der Waals surface area contributed by atoms with Gasteiger partial charge in [0.15, 0.2) is 0 Å². The quantitative estimate of drug-likeness (QED) is 0.860. The van der Waals surface area contributed by atoms with Crippen LogP contribution in [0.1, 0.15) is 42.6 Å². The molecule has 0 saturated carbocycles. The van der Waals surface area contributed by atoms with Crippen LogP contribution in [0.3, 0.4) is 0 Å². The zero-order valence-electron chi connectivity index (χ0n) is 9.05. The summed E-state index contributed by atoms with van der Waals surface area (Å²) in [4.78, 5) is 0. The van der Waals surface area contributed by atoms with Crippen LogP contribution in [0.2, 0.25) is 0 Å². The lowest BCUT2D eigenvalue weighted by molar-refractivity contribution is 0.0843. The van der Waals surface area contributed by atoms with Gasteiger partial charge in [0.1, 0.15) is 0 Å². The second kappa shape index (κ2) is 5.12. The maximum atomic E-state index is 5.38. The summed E-state index contributed by atoms with van der Waals surface area (Å²) < 4.78 is 5.38. The predicted molar refractivity (Wildman–Crippen MR) is 63.4 cm³/mol. The van der Waals surface area contributed by atoms with Crippen molar-refractivity contribution in [2.45, 2.75) is 37.4 Å². The summed E-state index contributed by atoms with van der Waals surface area (Å²) in [5.41, 5.74) is 3.89. The Kier molecular flexibility index (Phi) is 3.81. The van der Waals surface area contributed by atoms with E-state index in [2.05, 4.69) is 33.1 Å². The van der Waals surface area contributed by atoms with Crippen molar-refractivity contribution in [3.63, 3.8) is 0 Å². The van der Waals surface area contributed by atoms with Crippen LogP contribution in [0.5, 0.6) is 0 Å². The number of nitrogens with one attached hydrogen (secondary N) is 1. The molecule has 1 aromatic heterocycles. The van der Waals surface area contributed by atoms with Gasteiger partial charge >= 0.3 is 0 Å². The number of hydrogen-bond acceptors (Lipinski definition) is 2. The van der Waals surface area contributed by atoms with Crippen molar-refractivity contribution in [1.29, 1.82) is 0 Å². The number of alkyl halides is 1. The zero-order valence-corrected chi connectivity index (χ0v) is 10.6. The summed E-state index contributed by atoms with van der Waals surface area (Å²) in [6, 6.07) is 0. The molecule has 0 aliphatic carbocycles. The minimum Gasteiger partial charge on any atom is -0.381 e. The Morgan fingerprint density at radius 3 is 2.80 bits per heavy atom. The Labute approximate surface area is 98.7 Å². The molecule has 0 radical (unpaired) electrons. The molecule has 1 aromatic rings. The highest BCUT2D eigenvalue weighted by Crippen LogP contribution is 2.30. The second-order valence-corrected chi connectivity index (χ2v) is 4.50. The van der Waals surface area contributed by atoms with Crippen molar-refractivity contribution in [2.24, 2.45) is 0 Å². The molecular weight excluding hydrogens is 256 g/mol. The van der Waals surface area contributed by atoms with Gasteiger partial charge in [0.2, 0.25) is 0 Å². The van der Waals surface area contributed by atoms with Crippen molar-refractivity contribution in [2.75, 3.05) is 13.2 Å². The third-order valence-electron chi connectivity index (χ3n) is 3.08. The Morgan fingerprint density at radius 1 is 1.47 bits per heavy atom. The molecule has 0 unspecified atom stereocenters. The number of H-pyrrole nitrogens is 1. The molecule has 1 aliphatic heterocycles. The van der Waals surface area contributed by atoms with Gasteiger partial charge in [0.25, 0.3) is 0 Å². The predicted octanol–water partition coefficient (Wildman–Crippen LogP) is 2.76. The maximum Gasteiger partial charge on any atom is 0.0698 e. The first kappa shape index (κ1) is 11.1. The van der Waals surface area contributed by atoms with Gasteiger partial charge in [-0.1, -0.05) is 22.9 Å². The van der Waals surface area contributed by atoms with Crippen LogP contribution in [0.4, 0.5) is 0 Å². The molecular formula is C11H17BrN2O. The normalized spacial score (nSPS) is 18.3. The van der Waals surface area contributed by atoms with Gasteiger partial charge in [-0.2, -0.15) is 5.10 Å². The van der Waals surface area contributed by atoms with E-state index in [-0.39, 0.29) is 0 Å². The molecule has 4 heteroatoms. The minimum atomic E-state index is 0.586. The third kappa shape index (κ3) is 2.26.